The number of para-hydroxylation sites is 1. The molecule has 0 aliphatic carbocycles. The molecule has 2 aromatic heterocycles. The van der Waals surface area contributed by atoms with E-state index in [9.17, 15) is 0 Å². The van der Waals surface area contributed by atoms with Crippen molar-refractivity contribution in [3.05, 3.63) is 52.3 Å². The molecular weight excluding hydrogens is 338 g/mol. The van der Waals surface area contributed by atoms with Gasteiger partial charge in [0.25, 0.3) is 0 Å². The standard InChI is InChI=1S/C17H17N5S2/c1-2-3-8-14-19-20-17-21(14)22-15(24-17)10-23-16(22)12-9-18-13-7-5-4-6-11(12)13/h4-7,9-10,16,18H,2-3,8H2,1H3/t16-/m1/s1. The van der Waals surface area contributed by atoms with Crippen LogP contribution in [-0.4, -0.2) is 19.9 Å². The number of aryl methyl sites for hydroxylation is 1. The molecule has 0 radical (unpaired) electrons. The lowest BCUT2D eigenvalue weighted by molar-refractivity contribution is 0.592. The van der Waals surface area contributed by atoms with Gasteiger partial charge in [0.05, 0.1) is 0 Å². The third-order valence-corrected chi connectivity index (χ3v) is 6.65. The van der Waals surface area contributed by atoms with Crippen LogP contribution < -0.4 is 5.01 Å². The molecule has 0 spiro atoms. The Balaban J connectivity index is 1.57. The van der Waals surface area contributed by atoms with Crippen molar-refractivity contribution in [2.24, 2.45) is 0 Å². The van der Waals surface area contributed by atoms with Crippen LogP contribution in [0.5, 0.6) is 0 Å². The highest BCUT2D eigenvalue weighted by Gasteiger charge is 2.40. The average molecular weight is 355 g/mol. The van der Waals surface area contributed by atoms with Crippen molar-refractivity contribution in [2.45, 2.75) is 36.7 Å². The van der Waals surface area contributed by atoms with E-state index in [1.165, 1.54) is 27.9 Å². The summed E-state index contributed by atoms with van der Waals surface area (Å²) < 4.78 is 2.22. The number of nitrogens with one attached hydrogen (secondary N) is 1. The Bertz CT molecular complexity index is 942. The number of benzene rings is 1. The highest BCUT2D eigenvalue weighted by molar-refractivity contribution is 8.07. The largest absolute Gasteiger partial charge is 0.361 e. The first-order valence-electron chi connectivity index (χ1n) is 8.20. The molecule has 3 aromatic rings. The van der Waals surface area contributed by atoms with Crippen LogP contribution in [0.3, 0.4) is 0 Å². The zero-order valence-electron chi connectivity index (χ0n) is 13.3. The van der Waals surface area contributed by atoms with Crippen LogP contribution in [-0.2, 0) is 6.42 Å². The van der Waals surface area contributed by atoms with Gasteiger partial charge in [-0.2, -0.15) is 0 Å². The van der Waals surface area contributed by atoms with E-state index in [-0.39, 0.29) is 5.37 Å². The minimum Gasteiger partial charge on any atom is -0.361 e. The van der Waals surface area contributed by atoms with E-state index in [0.29, 0.717) is 0 Å². The second kappa shape index (κ2) is 5.60. The summed E-state index contributed by atoms with van der Waals surface area (Å²) in [6, 6.07) is 8.49. The molecular formula is C17H17N5S2. The molecule has 2 aliphatic rings. The van der Waals surface area contributed by atoms with Gasteiger partial charge in [-0.05, 0) is 24.2 Å². The Hall–Kier alpha value is -1.86. The van der Waals surface area contributed by atoms with Gasteiger partial charge in [-0.1, -0.05) is 43.3 Å². The number of hydrogen-bond acceptors (Lipinski definition) is 5. The summed E-state index contributed by atoms with van der Waals surface area (Å²) in [5, 5.41) is 17.1. The van der Waals surface area contributed by atoms with Crippen molar-refractivity contribution < 1.29 is 0 Å². The Morgan fingerprint density at radius 2 is 2.17 bits per heavy atom. The van der Waals surface area contributed by atoms with E-state index >= 15 is 0 Å². The molecule has 1 N–H and O–H groups in total. The predicted molar refractivity (Wildman–Crippen MR) is 99.4 cm³/mol. The summed E-state index contributed by atoms with van der Waals surface area (Å²) in [4.78, 5) is 3.40. The molecule has 0 amide bonds. The molecule has 0 fully saturated rings. The quantitative estimate of drug-likeness (QED) is 0.752. The Kier molecular flexibility index (Phi) is 3.38. The van der Waals surface area contributed by atoms with Gasteiger partial charge in [-0.15, -0.1) is 10.2 Å². The Morgan fingerprint density at radius 1 is 1.25 bits per heavy atom. The summed E-state index contributed by atoms with van der Waals surface area (Å²) in [7, 11) is 0. The van der Waals surface area contributed by atoms with Gasteiger partial charge >= 0.3 is 0 Å². The fourth-order valence-corrected chi connectivity index (χ4v) is 5.56. The maximum atomic E-state index is 4.42. The van der Waals surface area contributed by atoms with Crippen molar-refractivity contribution in [3.8, 4) is 0 Å². The van der Waals surface area contributed by atoms with Crippen molar-refractivity contribution in [1.29, 1.82) is 0 Å². The second-order valence-electron chi connectivity index (χ2n) is 5.99. The van der Waals surface area contributed by atoms with Crippen LogP contribution >= 0.6 is 23.5 Å². The number of fused-ring (bicyclic) bond motifs is 4. The maximum Gasteiger partial charge on any atom is 0.216 e. The second-order valence-corrected chi connectivity index (χ2v) is 7.94. The van der Waals surface area contributed by atoms with Crippen LogP contribution in [0.25, 0.3) is 10.9 Å². The summed E-state index contributed by atoms with van der Waals surface area (Å²) in [5.74, 6) is 1.06. The molecule has 4 heterocycles. The van der Waals surface area contributed by atoms with Crippen molar-refractivity contribution in [3.63, 3.8) is 0 Å². The van der Waals surface area contributed by atoms with E-state index in [2.05, 4.69) is 67.7 Å². The number of aromatic nitrogens is 4. The Labute approximate surface area is 148 Å². The molecule has 0 saturated heterocycles. The molecule has 1 atom stereocenters. The van der Waals surface area contributed by atoms with E-state index < -0.39 is 0 Å². The van der Waals surface area contributed by atoms with Gasteiger partial charge in [0.1, 0.15) is 10.4 Å². The van der Waals surface area contributed by atoms with Gasteiger partial charge < -0.3 is 4.98 Å². The first-order chi connectivity index (χ1) is 11.9. The smallest absolute Gasteiger partial charge is 0.216 e. The first kappa shape index (κ1) is 14.5. The summed E-state index contributed by atoms with van der Waals surface area (Å²) in [6.45, 7) is 2.21. The number of thioether (sulfide) groups is 2. The van der Waals surface area contributed by atoms with Crippen molar-refractivity contribution >= 4 is 34.4 Å². The van der Waals surface area contributed by atoms with Crippen LogP contribution in [0.4, 0.5) is 0 Å². The topological polar surface area (TPSA) is 49.7 Å². The van der Waals surface area contributed by atoms with E-state index in [0.717, 1.165) is 23.8 Å². The SMILES string of the molecule is CCCCc1nnc2n1N1C(=CS[C@@H]1c1c[nH]c3ccccc13)S2. The average Bonchev–Trinajstić information content (AvgIpc) is 3.33. The highest BCUT2D eigenvalue weighted by Crippen LogP contribution is 2.52. The van der Waals surface area contributed by atoms with Gasteiger partial charge in [-0.25, -0.2) is 4.68 Å². The number of aromatic amines is 1. The van der Waals surface area contributed by atoms with E-state index in [1.807, 2.05) is 11.8 Å². The van der Waals surface area contributed by atoms with Gasteiger partial charge in [0.15, 0.2) is 5.82 Å². The molecule has 5 nitrogen and oxygen atoms in total. The van der Waals surface area contributed by atoms with Crippen molar-refractivity contribution in [1.82, 2.24) is 19.9 Å². The summed E-state index contributed by atoms with van der Waals surface area (Å²) >= 11 is 3.57. The van der Waals surface area contributed by atoms with E-state index in [1.54, 1.807) is 11.8 Å². The lowest BCUT2D eigenvalue weighted by Gasteiger charge is -2.25. The zero-order chi connectivity index (χ0) is 16.1. The number of hydrogen-bond donors (Lipinski definition) is 1. The van der Waals surface area contributed by atoms with Gasteiger partial charge in [0.2, 0.25) is 5.16 Å². The monoisotopic (exact) mass is 355 g/mol. The number of H-pyrrole nitrogens is 1. The third kappa shape index (κ3) is 2.04. The molecule has 0 unspecified atom stereocenters. The van der Waals surface area contributed by atoms with Crippen LogP contribution in [0.15, 0.2) is 46.1 Å². The molecule has 24 heavy (non-hydrogen) atoms. The van der Waals surface area contributed by atoms with Gasteiger partial charge in [0, 0.05) is 34.5 Å². The first-order valence-corrected chi connectivity index (χ1v) is 9.96. The third-order valence-electron chi connectivity index (χ3n) is 4.47. The number of nitrogens with zero attached hydrogens (tertiary/aromatic N) is 4. The molecule has 122 valence electrons. The van der Waals surface area contributed by atoms with Crippen LogP contribution in [0, 0.1) is 0 Å². The zero-order valence-corrected chi connectivity index (χ0v) is 14.9. The Morgan fingerprint density at radius 3 is 3.08 bits per heavy atom. The van der Waals surface area contributed by atoms with Crippen LogP contribution in [0.2, 0.25) is 0 Å². The lowest BCUT2D eigenvalue weighted by atomic mass is 10.2. The van der Waals surface area contributed by atoms with Crippen LogP contribution in [0.1, 0.15) is 36.5 Å². The van der Waals surface area contributed by atoms with E-state index in [4.69, 9.17) is 0 Å². The molecule has 7 heteroatoms. The predicted octanol–water partition coefficient (Wildman–Crippen LogP) is 4.39. The molecule has 5 rings (SSSR count). The molecule has 2 aliphatic heterocycles. The highest BCUT2D eigenvalue weighted by atomic mass is 32.2. The molecule has 0 bridgehead atoms. The fraction of sp³-hybridized carbons (Fsp3) is 0.294. The van der Waals surface area contributed by atoms with Crippen molar-refractivity contribution in [2.75, 3.05) is 5.01 Å². The number of unbranched alkanes of at least 4 members (excludes halogenated alkanes) is 1. The minimum absolute atomic E-state index is 0.223. The molecule has 0 saturated carbocycles. The summed E-state index contributed by atoms with van der Waals surface area (Å²) in [6.07, 6.45) is 5.41. The molecule has 1 aromatic carbocycles. The number of rotatable bonds is 4. The lowest BCUT2D eigenvalue weighted by Crippen LogP contribution is -2.30. The maximum absolute atomic E-state index is 4.42. The normalized spacial score (nSPS) is 19.0. The fourth-order valence-electron chi connectivity index (χ4n) is 3.29. The summed E-state index contributed by atoms with van der Waals surface area (Å²) in [5.41, 5.74) is 2.49. The minimum atomic E-state index is 0.223. The van der Waals surface area contributed by atoms with Gasteiger partial charge in [-0.3, -0.25) is 5.01 Å².